The van der Waals surface area contributed by atoms with Crippen molar-refractivity contribution in [2.75, 3.05) is 13.1 Å². The Labute approximate surface area is 151 Å². The van der Waals surface area contributed by atoms with Gasteiger partial charge in [-0.15, -0.1) is 0 Å². The standard InChI is InChI=1S/C19H29BN2O3/c1-14(23)22-13-17(20-24-18(2,3)19(4,5)25-20)12-16-9-7-6-8-15(16)10-11-21/h6-9,12H,10-11,13,21H2,1-5H3,(H,22,23). The van der Waals surface area contributed by atoms with Gasteiger partial charge in [0.05, 0.1) is 11.2 Å². The van der Waals surface area contributed by atoms with Crippen molar-refractivity contribution in [1.29, 1.82) is 0 Å². The Hall–Kier alpha value is -1.63. The molecule has 0 spiro atoms. The second-order valence-corrected chi connectivity index (χ2v) is 7.45. The van der Waals surface area contributed by atoms with E-state index in [0.29, 0.717) is 13.1 Å². The monoisotopic (exact) mass is 344 g/mol. The van der Waals surface area contributed by atoms with E-state index in [1.165, 1.54) is 12.5 Å². The molecule has 5 nitrogen and oxygen atoms in total. The molecule has 25 heavy (non-hydrogen) atoms. The van der Waals surface area contributed by atoms with E-state index in [4.69, 9.17) is 15.0 Å². The number of amides is 1. The molecule has 1 aliphatic heterocycles. The zero-order chi connectivity index (χ0) is 18.7. The molecular formula is C19H29BN2O3. The molecule has 2 rings (SSSR count). The number of nitrogens with one attached hydrogen (secondary N) is 1. The van der Waals surface area contributed by atoms with E-state index >= 15 is 0 Å². The highest BCUT2D eigenvalue weighted by Crippen LogP contribution is 2.38. The Bertz CT molecular complexity index is 640. The molecule has 1 aromatic carbocycles. The lowest BCUT2D eigenvalue weighted by Gasteiger charge is -2.32. The Morgan fingerprint density at radius 1 is 1.20 bits per heavy atom. The molecule has 0 saturated carbocycles. The van der Waals surface area contributed by atoms with Crippen molar-refractivity contribution in [3.63, 3.8) is 0 Å². The van der Waals surface area contributed by atoms with Crippen LogP contribution in [0.1, 0.15) is 45.7 Å². The first kappa shape index (κ1) is 19.7. The smallest absolute Gasteiger partial charge is 0.400 e. The zero-order valence-electron chi connectivity index (χ0n) is 15.9. The predicted octanol–water partition coefficient (Wildman–Crippen LogP) is 2.34. The van der Waals surface area contributed by atoms with Crippen molar-refractivity contribution in [3.8, 4) is 0 Å². The van der Waals surface area contributed by atoms with Gasteiger partial charge >= 0.3 is 7.12 Å². The minimum absolute atomic E-state index is 0.0855. The third-order valence-electron chi connectivity index (χ3n) is 4.91. The van der Waals surface area contributed by atoms with Crippen LogP contribution in [0.4, 0.5) is 0 Å². The number of carbonyl (C=O) groups excluding carboxylic acids is 1. The maximum absolute atomic E-state index is 11.4. The second kappa shape index (κ2) is 7.73. The van der Waals surface area contributed by atoms with Gasteiger partial charge < -0.3 is 20.4 Å². The van der Waals surface area contributed by atoms with Crippen molar-refractivity contribution in [3.05, 3.63) is 40.9 Å². The molecular weight excluding hydrogens is 315 g/mol. The summed E-state index contributed by atoms with van der Waals surface area (Å²) in [5, 5.41) is 2.86. The molecule has 0 unspecified atom stereocenters. The van der Waals surface area contributed by atoms with Gasteiger partial charge in [0, 0.05) is 13.5 Å². The van der Waals surface area contributed by atoms with E-state index in [1.54, 1.807) is 0 Å². The minimum atomic E-state index is -0.497. The summed E-state index contributed by atoms with van der Waals surface area (Å²) >= 11 is 0. The Balaban J connectivity index is 2.35. The van der Waals surface area contributed by atoms with Crippen molar-refractivity contribution in [2.45, 2.75) is 52.2 Å². The van der Waals surface area contributed by atoms with Crippen LogP contribution in [-0.4, -0.2) is 37.3 Å². The molecule has 0 radical (unpaired) electrons. The Morgan fingerprint density at radius 3 is 2.36 bits per heavy atom. The van der Waals surface area contributed by atoms with E-state index in [0.717, 1.165) is 17.5 Å². The topological polar surface area (TPSA) is 73.6 Å². The fourth-order valence-electron chi connectivity index (χ4n) is 2.68. The SMILES string of the molecule is CC(=O)NCC(=Cc1ccccc1CCN)B1OC(C)(C)C(C)(C)O1. The summed E-state index contributed by atoms with van der Waals surface area (Å²) < 4.78 is 12.3. The Kier molecular flexibility index (Phi) is 6.09. The van der Waals surface area contributed by atoms with Crippen LogP contribution in [0.3, 0.4) is 0 Å². The molecule has 1 saturated heterocycles. The lowest BCUT2D eigenvalue weighted by atomic mass is 9.76. The molecule has 1 aromatic rings. The summed E-state index contributed by atoms with van der Waals surface area (Å²) in [5.41, 5.74) is 8.00. The number of benzene rings is 1. The van der Waals surface area contributed by atoms with Crippen LogP contribution < -0.4 is 11.1 Å². The highest BCUT2D eigenvalue weighted by Gasteiger charge is 2.52. The summed E-state index contributed by atoms with van der Waals surface area (Å²) in [5.74, 6) is -0.0855. The number of rotatable bonds is 6. The third kappa shape index (κ3) is 4.72. The van der Waals surface area contributed by atoms with E-state index in [1.807, 2.05) is 52.0 Å². The molecule has 1 heterocycles. The fourth-order valence-corrected chi connectivity index (χ4v) is 2.68. The van der Waals surface area contributed by atoms with Gasteiger partial charge in [-0.2, -0.15) is 0 Å². The third-order valence-corrected chi connectivity index (χ3v) is 4.91. The molecule has 1 aliphatic rings. The van der Waals surface area contributed by atoms with Crippen LogP contribution in [-0.2, 0) is 20.5 Å². The van der Waals surface area contributed by atoms with Crippen LogP contribution in [0, 0.1) is 0 Å². The fraction of sp³-hybridized carbons (Fsp3) is 0.526. The molecule has 3 N–H and O–H groups in total. The highest BCUT2D eigenvalue weighted by molar-refractivity contribution is 6.56. The molecule has 1 amide bonds. The minimum Gasteiger partial charge on any atom is -0.400 e. The van der Waals surface area contributed by atoms with Crippen LogP contribution in [0.5, 0.6) is 0 Å². The lowest BCUT2D eigenvalue weighted by molar-refractivity contribution is -0.118. The van der Waals surface area contributed by atoms with Gasteiger partial charge in [0.15, 0.2) is 0 Å². The van der Waals surface area contributed by atoms with Crippen LogP contribution >= 0.6 is 0 Å². The van der Waals surface area contributed by atoms with Crippen molar-refractivity contribution >= 4 is 19.1 Å². The first-order valence-corrected chi connectivity index (χ1v) is 8.75. The number of nitrogens with two attached hydrogens (primary N) is 1. The summed E-state index contributed by atoms with van der Waals surface area (Å²) in [7, 11) is -0.497. The summed E-state index contributed by atoms with van der Waals surface area (Å²) in [6.07, 6.45) is 2.84. The van der Waals surface area contributed by atoms with Gasteiger partial charge in [-0.3, -0.25) is 4.79 Å². The van der Waals surface area contributed by atoms with Gasteiger partial charge in [0.2, 0.25) is 5.91 Å². The average molecular weight is 344 g/mol. The van der Waals surface area contributed by atoms with Crippen LogP contribution in [0.15, 0.2) is 29.7 Å². The molecule has 0 aliphatic carbocycles. The van der Waals surface area contributed by atoms with Crippen molar-refractivity contribution in [2.24, 2.45) is 5.73 Å². The summed E-state index contributed by atoms with van der Waals surface area (Å²) in [6, 6.07) is 8.11. The maximum atomic E-state index is 11.4. The number of hydrogen-bond donors (Lipinski definition) is 2. The first-order valence-electron chi connectivity index (χ1n) is 8.75. The summed E-state index contributed by atoms with van der Waals surface area (Å²) in [6.45, 7) is 10.5. The first-order chi connectivity index (χ1) is 11.7. The second-order valence-electron chi connectivity index (χ2n) is 7.45. The van der Waals surface area contributed by atoms with Crippen molar-refractivity contribution in [1.82, 2.24) is 5.32 Å². The lowest BCUT2D eigenvalue weighted by Crippen LogP contribution is -2.41. The molecule has 136 valence electrons. The molecule has 6 heteroatoms. The highest BCUT2D eigenvalue weighted by atomic mass is 16.7. The zero-order valence-corrected chi connectivity index (χ0v) is 15.9. The predicted molar refractivity (Wildman–Crippen MR) is 102 cm³/mol. The van der Waals surface area contributed by atoms with Gasteiger partial charge in [-0.05, 0) is 57.3 Å². The van der Waals surface area contributed by atoms with Gasteiger partial charge in [-0.25, -0.2) is 0 Å². The molecule has 0 atom stereocenters. The largest absolute Gasteiger partial charge is 0.492 e. The van der Waals surface area contributed by atoms with E-state index in [2.05, 4.69) is 11.4 Å². The molecule has 1 fully saturated rings. The van der Waals surface area contributed by atoms with Gasteiger partial charge in [0.1, 0.15) is 0 Å². The Morgan fingerprint density at radius 2 is 1.80 bits per heavy atom. The summed E-state index contributed by atoms with van der Waals surface area (Å²) in [4.78, 5) is 11.4. The van der Waals surface area contributed by atoms with E-state index in [-0.39, 0.29) is 5.91 Å². The number of carbonyl (C=O) groups is 1. The molecule has 0 bridgehead atoms. The maximum Gasteiger partial charge on any atom is 0.492 e. The average Bonchev–Trinajstić information content (AvgIpc) is 2.73. The van der Waals surface area contributed by atoms with Crippen molar-refractivity contribution < 1.29 is 14.1 Å². The van der Waals surface area contributed by atoms with Crippen LogP contribution in [0.2, 0.25) is 0 Å². The quantitative estimate of drug-likeness (QED) is 0.777. The van der Waals surface area contributed by atoms with E-state index < -0.39 is 18.3 Å². The van der Waals surface area contributed by atoms with E-state index in [9.17, 15) is 4.79 Å². The van der Waals surface area contributed by atoms with Crippen LogP contribution in [0.25, 0.3) is 6.08 Å². The van der Waals surface area contributed by atoms with Gasteiger partial charge in [-0.1, -0.05) is 30.3 Å². The number of hydrogen-bond acceptors (Lipinski definition) is 4. The molecule has 0 aromatic heterocycles. The normalized spacial score (nSPS) is 19.1. The van der Waals surface area contributed by atoms with Gasteiger partial charge in [0.25, 0.3) is 0 Å².